The summed E-state index contributed by atoms with van der Waals surface area (Å²) in [5.74, 6) is 0.559. The molecule has 0 saturated carbocycles. The SMILES string of the molecule is CC(C)(C)C(=O)N1CCC(Cn2ccnc2S(C)(=O)=O)CC1. The van der Waals surface area contributed by atoms with Crippen LogP contribution in [0.5, 0.6) is 0 Å². The number of hydrogen-bond donors (Lipinski definition) is 0. The molecule has 1 aliphatic heterocycles. The van der Waals surface area contributed by atoms with Crippen LogP contribution >= 0.6 is 0 Å². The summed E-state index contributed by atoms with van der Waals surface area (Å²) >= 11 is 0. The van der Waals surface area contributed by atoms with Crippen LogP contribution in [0.15, 0.2) is 17.6 Å². The number of sulfone groups is 1. The average molecular weight is 327 g/mol. The first kappa shape index (κ1) is 17.0. The molecule has 22 heavy (non-hydrogen) atoms. The van der Waals surface area contributed by atoms with Gasteiger partial charge in [-0.1, -0.05) is 20.8 Å². The molecule has 0 radical (unpaired) electrons. The first-order chi connectivity index (χ1) is 10.1. The van der Waals surface area contributed by atoms with E-state index in [0.29, 0.717) is 12.5 Å². The molecule has 0 atom stereocenters. The first-order valence-corrected chi connectivity index (χ1v) is 9.49. The average Bonchev–Trinajstić information content (AvgIpc) is 2.86. The highest BCUT2D eigenvalue weighted by Crippen LogP contribution is 2.25. The smallest absolute Gasteiger partial charge is 0.227 e. The van der Waals surface area contributed by atoms with Gasteiger partial charge in [-0.3, -0.25) is 4.79 Å². The van der Waals surface area contributed by atoms with Gasteiger partial charge in [-0.15, -0.1) is 0 Å². The number of hydrogen-bond acceptors (Lipinski definition) is 4. The molecule has 0 spiro atoms. The molecule has 2 heterocycles. The molecule has 1 fully saturated rings. The van der Waals surface area contributed by atoms with Gasteiger partial charge in [0.2, 0.25) is 20.9 Å². The minimum absolute atomic E-state index is 0.126. The van der Waals surface area contributed by atoms with Crippen LogP contribution in [0, 0.1) is 11.3 Å². The summed E-state index contributed by atoms with van der Waals surface area (Å²) in [6.07, 6.45) is 6.19. The van der Waals surface area contributed by atoms with Crippen molar-refractivity contribution in [3.63, 3.8) is 0 Å². The lowest BCUT2D eigenvalue weighted by Gasteiger charge is -2.35. The van der Waals surface area contributed by atoms with Crippen molar-refractivity contribution in [3.8, 4) is 0 Å². The molecule has 124 valence electrons. The number of carbonyl (C=O) groups is 1. The summed E-state index contributed by atoms with van der Waals surface area (Å²) in [4.78, 5) is 18.1. The second kappa shape index (κ2) is 6.02. The summed E-state index contributed by atoms with van der Waals surface area (Å²) in [6.45, 7) is 7.93. The van der Waals surface area contributed by atoms with Gasteiger partial charge in [0.1, 0.15) is 0 Å². The lowest BCUT2D eigenvalue weighted by Crippen LogP contribution is -2.44. The van der Waals surface area contributed by atoms with Crippen LogP contribution in [0.1, 0.15) is 33.6 Å². The molecule has 6 nitrogen and oxygen atoms in total. The van der Waals surface area contributed by atoms with Gasteiger partial charge in [0.15, 0.2) is 0 Å². The van der Waals surface area contributed by atoms with Gasteiger partial charge >= 0.3 is 0 Å². The van der Waals surface area contributed by atoms with Gasteiger partial charge in [-0.25, -0.2) is 13.4 Å². The molecule has 2 rings (SSSR count). The van der Waals surface area contributed by atoms with Gasteiger partial charge < -0.3 is 9.47 Å². The van der Waals surface area contributed by atoms with Crippen LogP contribution < -0.4 is 0 Å². The van der Waals surface area contributed by atoms with Gasteiger partial charge in [0, 0.05) is 43.7 Å². The standard InChI is InChI=1S/C15H25N3O3S/c1-15(2,3)13(19)17-8-5-12(6-9-17)11-18-10-7-16-14(18)22(4,20)21/h7,10,12H,5-6,8-9,11H2,1-4H3. The van der Waals surface area contributed by atoms with E-state index in [-0.39, 0.29) is 16.5 Å². The Kier molecular flexibility index (Phi) is 4.65. The van der Waals surface area contributed by atoms with Crippen LogP contribution in [-0.4, -0.2) is 48.1 Å². The zero-order valence-corrected chi connectivity index (χ0v) is 14.6. The summed E-state index contributed by atoms with van der Waals surface area (Å²) in [5.41, 5.74) is -0.347. The topological polar surface area (TPSA) is 72.3 Å². The fourth-order valence-electron chi connectivity index (χ4n) is 2.83. The number of nitrogens with zero attached hydrogens (tertiary/aromatic N) is 3. The Labute approximate surface area is 132 Å². The van der Waals surface area contributed by atoms with E-state index in [1.165, 1.54) is 12.5 Å². The minimum atomic E-state index is -3.30. The highest BCUT2D eigenvalue weighted by atomic mass is 32.2. The maximum absolute atomic E-state index is 12.3. The van der Waals surface area contributed by atoms with E-state index in [1.807, 2.05) is 25.7 Å². The molecule has 1 aromatic heterocycles. The quantitative estimate of drug-likeness (QED) is 0.845. The second-order valence-corrected chi connectivity index (χ2v) is 9.03. The van der Waals surface area contributed by atoms with E-state index in [2.05, 4.69) is 4.98 Å². The molecule has 7 heteroatoms. The lowest BCUT2D eigenvalue weighted by molar-refractivity contribution is -0.140. The Morgan fingerprint density at radius 3 is 2.41 bits per heavy atom. The van der Waals surface area contributed by atoms with Crippen molar-refractivity contribution in [3.05, 3.63) is 12.4 Å². The zero-order chi connectivity index (χ0) is 16.5. The lowest BCUT2D eigenvalue weighted by atomic mass is 9.91. The fraction of sp³-hybridized carbons (Fsp3) is 0.733. The molecule has 0 unspecified atom stereocenters. The van der Waals surface area contributed by atoms with E-state index >= 15 is 0 Å². The zero-order valence-electron chi connectivity index (χ0n) is 13.7. The fourth-order valence-corrected chi connectivity index (χ4v) is 3.65. The van der Waals surface area contributed by atoms with Gasteiger partial charge in [0.05, 0.1) is 0 Å². The maximum atomic E-state index is 12.3. The third-order valence-corrected chi connectivity index (χ3v) is 5.01. The van der Waals surface area contributed by atoms with E-state index in [1.54, 1.807) is 10.8 Å². The number of aromatic nitrogens is 2. The summed E-state index contributed by atoms with van der Waals surface area (Å²) < 4.78 is 25.1. The molecule has 1 aliphatic rings. The third-order valence-electron chi connectivity index (χ3n) is 4.01. The molecule has 0 aliphatic carbocycles. The van der Waals surface area contributed by atoms with Gasteiger partial charge in [-0.2, -0.15) is 0 Å². The Bertz CT molecular complexity index is 635. The summed E-state index contributed by atoms with van der Waals surface area (Å²) in [5, 5.41) is 0.126. The van der Waals surface area contributed by atoms with E-state index in [0.717, 1.165) is 25.9 Å². The van der Waals surface area contributed by atoms with Gasteiger partial charge in [0.25, 0.3) is 0 Å². The highest BCUT2D eigenvalue weighted by molar-refractivity contribution is 7.90. The first-order valence-electron chi connectivity index (χ1n) is 7.59. The van der Waals surface area contributed by atoms with Crippen molar-refractivity contribution < 1.29 is 13.2 Å². The number of imidazole rings is 1. The number of carbonyl (C=O) groups excluding carboxylic acids is 1. The summed E-state index contributed by atoms with van der Waals surface area (Å²) in [6, 6.07) is 0. The molecule has 1 amide bonds. The van der Waals surface area contributed by atoms with Crippen molar-refractivity contribution in [1.82, 2.24) is 14.5 Å². The normalized spacial score (nSPS) is 17.7. The Morgan fingerprint density at radius 1 is 1.32 bits per heavy atom. The van der Waals surface area contributed by atoms with E-state index < -0.39 is 9.84 Å². The van der Waals surface area contributed by atoms with Crippen molar-refractivity contribution in [2.45, 2.75) is 45.3 Å². The van der Waals surface area contributed by atoms with Crippen molar-refractivity contribution in [2.75, 3.05) is 19.3 Å². The summed E-state index contributed by atoms with van der Waals surface area (Å²) in [7, 11) is -3.30. The Hall–Kier alpha value is -1.37. The van der Waals surface area contributed by atoms with Crippen LogP contribution in [0.25, 0.3) is 0 Å². The van der Waals surface area contributed by atoms with Crippen LogP contribution in [0.3, 0.4) is 0 Å². The molecule has 0 bridgehead atoms. The number of likely N-dealkylation sites (tertiary alicyclic amines) is 1. The van der Waals surface area contributed by atoms with Crippen LogP contribution in [0.4, 0.5) is 0 Å². The van der Waals surface area contributed by atoms with E-state index in [9.17, 15) is 13.2 Å². The van der Waals surface area contributed by atoms with Crippen molar-refractivity contribution >= 4 is 15.7 Å². The predicted octanol–water partition coefficient (Wildman–Crippen LogP) is 1.57. The molecule has 1 aromatic rings. The van der Waals surface area contributed by atoms with Gasteiger partial charge in [-0.05, 0) is 18.8 Å². The van der Waals surface area contributed by atoms with Crippen LogP contribution in [0.2, 0.25) is 0 Å². The highest BCUT2D eigenvalue weighted by Gasteiger charge is 2.30. The third kappa shape index (κ3) is 3.88. The van der Waals surface area contributed by atoms with Crippen molar-refractivity contribution in [1.29, 1.82) is 0 Å². The van der Waals surface area contributed by atoms with E-state index in [4.69, 9.17) is 0 Å². The predicted molar refractivity (Wildman–Crippen MR) is 84.1 cm³/mol. The molecule has 0 aromatic carbocycles. The number of amides is 1. The monoisotopic (exact) mass is 327 g/mol. The Balaban J connectivity index is 1.97. The molecular formula is C15H25N3O3S. The number of rotatable bonds is 3. The molecule has 0 N–H and O–H groups in total. The number of piperidine rings is 1. The molecule has 1 saturated heterocycles. The minimum Gasteiger partial charge on any atom is -0.342 e. The van der Waals surface area contributed by atoms with Crippen LogP contribution in [-0.2, 0) is 21.2 Å². The molecular weight excluding hydrogens is 302 g/mol. The largest absolute Gasteiger partial charge is 0.342 e. The van der Waals surface area contributed by atoms with Crippen molar-refractivity contribution in [2.24, 2.45) is 11.3 Å². The maximum Gasteiger partial charge on any atom is 0.227 e. The Morgan fingerprint density at radius 2 is 1.91 bits per heavy atom. The second-order valence-electron chi connectivity index (χ2n) is 7.12.